The fourth-order valence-corrected chi connectivity index (χ4v) is 0.726. The summed E-state index contributed by atoms with van der Waals surface area (Å²) in [6.45, 7) is 2.12. The van der Waals surface area contributed by atoms with Crippen molar-refractivity contribution in [1.82, 2.24) is 5.32 Å². The van der Waals surface area contributed by atoms with Crippen LogP contribution < -0.4 is 5.32 Å². The zero-order valence-corrected chi connectivity index (χ0v) is 5.42. The highest BCUT2D eigenvalue weighted by Crippen LogP contribution is 2.28. The first kappa shape index (κ1) is 6.55. The Morgan fingerprint density at radius 3 is 2.78 bits per heavy atom. The van der Waals surface area contributed by atoms with E-state index in [4.69, 9.17) is 5.11 Å². The van der Waals surface area contributed by atoms with E-state index in [0.717, 1.165) is 6.42 Å². The van der Waals surface area contributed by atoms with E-state index in [1.54, 1.807) is 0 Å². The number of carbonyl (C=O) groups is 1. The van der Waals surface area contributed by atoms with Gasteiger partial charge in [-0.15, -0.1) is 0 Å². The minimum Gasteiger partial charge on any atom is -0.393 e. The number of rotatable bonds is 2. The molecule has 2 atom stereocenters. The fraction of sp³-hybridized carbons (Fsp3) is 0.833. The molecule has 52 valence electrons. The minimum absolute atomic E-state index is 0.0194. The van der Waals surface area contributed by atoms with Crippen LogP contribution in [0.3, 0.4) is 0 Å². The third-order valence-electron chi connectivity index (χ3n) is 1.50. The molecule has 1 fully saturated rings. The number of hydrogen-bond acceptors (Lipinski definition) is 2. The van der Waals surface area contributed by atoms with Crippen molar-refractivity contribution < 1.29 is 9.90 Å². The number of amides is 1. The van der Waals surface area contributed by atoms with E-state index < -0.39 is 0 Å². The van der Waals surface area contributed by atoms with Gasteiger partial charge in [-0.1, -0.05) is 0 Å². The largest absolute Gasteiger partial charge is 0.393 e. The van der Waals surface area contributed by atoms with Crippen LogP contribution in [-0.4, -0.2) is 23.7 Å². The Morgan fingerprint density at radius 1 is 1.89 bits per heavy atom. The molecule has 0 bridgehead atoms. The number of carbonyl (C=O) groups excluding carboxylic acids is 1. The van der Waals surface area contributed by atoms with Gasteiger partial charge in [0, 0.05) is 19.4 Å². The maximum Gasteiger partial charge on any atom is 0.216 e. The lowest BCUT2D eigenvalue weighted by Crippen LogP contribution is -2.23. The van der Waals surface area contributed by atoms with Crippen LogP contribution in [0.15, 0.2) is 0 Å². The second-order valence-corrected chi connectivity index (χ2v) is 2.50. The van der Waals surface area contributed by atoms with Gasteiger partial charge in [0.2, 0.25) is 5.91 Å². The van der Waals surface area contributed by atoms with Crippen molar-refractivity contribution >= 4 is 5.91 Å². The molecule has 1 amide bonds. The van der Waals surface area contributed by atoms with Gasteiger partial charge in [-0.25, -0.2) is 0 Å². The van der Waals surface area contributed by atoms with Gasteiger partial charge in [0.25, 0.3) is 0 Å². The zero-order valence-electron chi connectivity index (χ0n) is 5.42. The van der Waals surface area contributed by atoms with Crippen LogP contribution in [0.1, 0.15) is 13.3 Å². The number of aliphatic hydroxyl groups is 1. The van der Waals surface area contributed by atoms with Crippen LogP contribution in [0.5, 0.6) is 0 Å². The van der Waals surface area contributed by atoms with E-state index in [1.807, 2.05) is 0 Å². The molecule has 0 aromatic heterocycles. The van der Waals surface area contributed by atoms with Crippen molar-refractivity contribution in [3.63, 3.8) is 0 Å². The van der Waals surface area contributed by atoms with E-state index in [2.05, 4.69) is 5.32 Å². The summed E-state index contributed by atoms with van der Waals surface area (Å²) in [6.07, 6.45) is 0.692. The van der Waals surface area contributed by atoms with E-state index in [0.29, 0.717) is 12.5 Å². The molecule has 1 rings (SSSR count). The molecule has 0 aromatic carbocycles. The van der Waals surface area contributed by atoms with Gasteiger partial charge in [0.05, 0.1) is 6.10 Å². The van der Waals surface area contributed by atoms with Crippen LogP contribution in [0.4, 0.5) is 0 Å². The molecule has 3 nitrogen and oxygen atoms in total. The third kappa shape index (κ3) is 2.01. The molecule has 0 spiro atoms. The highest BCUT2D eigenvalue weighted by molar-refractivity contribution is 5.72. The van der Waals surface area contributed by atoms with Crippen molar-refractivity contribution in [2.45, 2.75) is 19.4 Å². The Hall–Kier alpha value is -0.570. The van der Waals surface area contributed by atoms with Crippen molar-refractivity contribution in [2.24, 2.45) is 5.92 Å². The Balaban J connectivity index is 2.00. The first-order valence-electron chi connectivity index (χ1n) is 3.12. The molecular formula is C6H11NO2. The summed E-state index contributed by atoms with van der Waals surface area (Å²) >= 11 is 0. The van der Waals surface area contributed by atoms with Crippen LogP contribution in [-0.2, 0) is 4.79 Å². The second kappa shape index (κ2) is 2.35. The summed E-state index contributed by atoms with van der Waals surface area (Å²) in [4.78, 5) is 10.3. The van der Waals surface area contributed by atoms with Crippen LogP contribution in [0.2, 0.25) is 0 Å². The van der Waals surface area contributed by atoms with Crippen molar-refractivity contribution in [2.75, 3.05) is 6.54 Å². The van der Waals surface area contributed by atoms with Crippen LogP contribution >= 0.6 is 0 Å². The van der Waals surface area contributed by atoms with Gasteiger partial charge >= 0.3 is 0 Å². The van der Waals surface area contributed by atoms with Crippen molar-refractivity contribution in [3.05, 3.63) is 0 Å². The highest BCUT2D eigenvalue weighted by atomic mass is 16.3. The minimum atomic E-state index is -0.156. The molecule has 1 saturated carbocycles. The molecule has 0 saturated heterocycles. The summed E-state index contributed by atoms with van der Waals surface area (Å²) in [5.41, 5.74) is 0. The lowest BCUT2D eigenvalue weighted by molar-refractivity contribution is -0.119. The van der Waals surface area contributed by atoms with E-state index in [9.17, 15) is 4.79 Å². The SMILES string of the molecule is CC(=O)NCC1CC1O. The number of aliphatic hydroxyl groups excluding tert-OH is 1. The number of hydrogen-bond donors (Lipinski definition) is 2. The first-order valence-corrected chi connectivity index (χ1v) is 3.12. The normalized spacial score (nSPS) is 31.8. The second-order valence-electron chi connectivity index (χ2n) is 2.50. The van der Waals surface area contributed by atoms with E-state index in [-0.39, 0.29) is 12.0 Å². The summed E-state index contributed by atoms with van der Waals surface area (Å²) in [5, 5.41) is 11.4. The van der Waals surface area contributed by atoms with Gasteiger partial charge in [-0.05, 0) is 6.42 Å². The molecule has 2 unspecified atom stereocenters. The average Bonchev–Trinajstić information content (AvgIpc) is 2.42. The van der Waals surface area contributed by atoms with Crippen molar-refractivity contribution in [3.8, 4) is 0 Å². The molecule has 0 radical (unpaired) electrons. The van der Waals surface area contributed by atoms with Gasteiger partial charge in [-0.2, -0.15) is 0 Å². The Labute approximate surface area is 54.1 Å². The number of nitrogens with one attached hydrogen (secondary N) is 1. The molecular weight excluding hydrogens is 118 g/mol. The quantitative estimate of drug-likeness (QED) is 0.528. The summed E-state index contributed by atoms with van der Waals surface area (Å²) in [6, 6.07) is 0. The predicted molar refractivity (Wildman–Crippen MR) is 32.8 cm³/mol. The van der Waals surface area contributed by atoms with Gasteiger partial charge < -0.3 is 10.4 Å². The summed E-state index contributed by atoms with van der Waals surface area (Å²) in [7, 11) is 0. The molecule has 1 aliphatic carbocycles. The van der Waals surface area contributed by atoms with Gasteiger partial charge in [-0.3, -0.25) is 4.79 Å². The molecule has 3 heteroatoms. The summed E-state index contributed by atoms with van der Waals surface area (Å²) < 4.78 is 0. The van der Waals surface area contributed by atoms with Crippen LogP contribution in [0, 0.1) is 5.92 Å². The molecule has 0 aromatic rings. The lowest BCUT2D eigenvalue weighted by atomic mass is 10.4. The highest BCUT2D eigenvalue weighted by Gasteiger charge is 2.34. The zero-order chi connectivity index (χ0) is 6.85. The Kier molecular flexibility index (Phi) is 1.71. The lowest BCUT2D eigenvalue weighted by Gasteiger charge is -1.96. The van der Waals surface area contributed by atoms with Crippen LogP contribution in [0.25, 0.3) is 0 Å². The molecule has 1 aliphatic rings. The first-order chi connectivity index (χ1) is 4.20. The Bertz CT molecular complexity index is 124. The Morgan fingerprint density at radius 2 is 2.44 bits per heavy atom. The average molecular weight is 129 g/mol. The third-order valence-corrected chi connectivity index (χ3v) is 1.50. The van der Waals surface area contributed by atoms with Gasteiger partial charge in [0.1, 0.15) is 0 Å². The molecule has 2 N–H and O–H groups in total. The summed E-state index contributed by atoms with van der Waals surface area (Å²) in [5.74, 6) is 0.308. The molecule has 0 aliphatic heterocycles. The van der Waals surface area contributed by atoms with E-state index in [1.165, 1.54) is 6.92 Å². The van der Waals surface area contributed by atoms with Gasteiger partial charge in [0.15, 0.2) is 0 Å². The van der Waals surface area contributed by atoms with Crippen molar-refractivity contribution in [1.29, 1.82) is 0 Å². The van der Waals surface area contributed by atoms with E-state index >= 15 is 0 Å². The maximum atomic E-state index is 10.3. The standard InChI is InChI=1S/C6H11NO2/c1-4(8)7-3-5-2-6(5)9/h5-6,9H,2-3H2,1H3,(H,7,8). The topological polar surface area (TPSA) is 49.3 Å². The fourth-order valence-electron chi connectivity index (χ4n) is 0.726. The monoisotopic (exact) mass is 129 g/mol. The molecule has 0 heterocycles. The predicted octanol–water partition coefficient (Wildman–Crippen LogP) is -0.497. The molecule has 9 heavy (non-hydrogen) atoms. The smallest absolute Gasteiger partial charge is 0.216 e. The maximum absolute atomic E-state index is 10.3.